The van der Waals surface area contributed by atoms with Crippen LogP contribution in [0.15, 0.2) is 40.1 Å². The number of carbonyl (C=O) groups excluding carboxylic acids is 1. The Balaban J connectivity index is 1.45. The lowest BCUT2D eigenvalue weighted by Crippen LogP contribution is -2.15. The summed E-state index contributed by atoms with van der Waals surface area (Å²) in [7, 11) is 0. The Morgan fingerprint density at radius 1 is 1.30 bits per heavy atom. The molecule has 8 heteroatoms. The summed E-state index contributed by atoms with van der Waals surface area (Å²) in [5, 5.41) is 9.43. The summed E-state index contributed by atoms with van der Waals surface area (Å²) in [4.78, 5) is 15.7. The third-order valence-electron chi connectivity index (χ3n) is 4.47. The molecule has 0 unspecified atom stereocenters. The largest absolute Gasteiger partial charge is 0.444 e. The lowest BCUT2D eigenvalue weighted by molar-refractivity contribution is -0.118. The number of carbonyl (C=O) groups is 1. The molecular formula is C19H21N5O2S. The number of aryl methyl sites for hydroxylation is 1. The molecule has 140 valence electrons. The van der Waals surface area contributed by atoms with Crippen LogP contribution in [-0.2, 0) is 17.1 Å². The highest BCUT2D eigenvalue weighted by molar-refractivity contribution is 7.98. The molecule has 1 fully saturated rings. The van der Waals surface area contributed by atoms with Crippen LogP contribution in [0.5, 0.6) is 0 Å². The SMILES string of the molecule is Cc1ccc(-c2nc(CSc3nnc(C4CC4)n3CCC(N)=O)co2)cc1. The molecular weight excluding hydrogens is 362 g/mol. The quantitative estimate of drug-likeness (QED) is 0.599. The predicted molar refractivity (Wildman–Crippen MR) is 102 cm³/mol. The molecule has 0 bridgehead atoms. The maximum Gasteiger partial charge on any atom is 0.226 e. The molecule has 1 aliphatic rings. The van der Waals surface area contributed by atoms with Gasteiger partial charge in [0.05, 0.1) is 5.69 Å². The summed E-state index contributed by atoms with van der Waals surface area (Å²) < 4.78 is 7.64. The summed E-state index contributed by atoms with van der Waals surface area (Å²) in [5.41, 5.74) is 8.30. The Morgan fingerprint density at radius 2 is 2.07 bits per heavy atom. The molecule has 2 aromatic heterocycles. The zero-order valence-corrected chi connectivity index (χ0v) is 15.9. The van der Waals surface area contributed by atoms with Gasteiger partial charge in [-0.25, -0.2) is 4.98 Å². The average Bonchev–Trinajstić information content (AvgIpc) is 3.24. The minimum Gasteiger partial charge on any atom is -0.444 e. The van der Waals surface area contributed by atoms with Crippen molar-refractivity contribution in [2.75, 3.05) is 0 Å². The van der Waals surface area contributed by atoms with Crippen LogP contribution in [0, 0.1) is 6.92 Å². The van der Waals surface area contributed by atoms with Crippen LogP contribution in [0.4, 0.5) is 0 Å². The fraction of sp³-hybridized carbons (Fsp3) is 0.368. The van der Waals surface area contributed by atoms with E-state index in [0.29, 0.717) is 24.1 Å². The van der Waals surface area contributed by atoms with E-state index in [2.05, 4.69) is 15.2 Å². The molecule has 1 amide bonds. The molecule has 1 saturated carbocycles. The normalized spacial score (nSPS) is 13.8. The Morgan fingerprint density at radius 3 is 2.78 bits per heavy atom. The minimum atomic E-state index is -0.319. The van der Waals surface area contributed by atoms with E-state index in [-0.39, 0.29) is 12.3 Å². The van der Waals surface area contributed by atoms with Crippen LogP contribution in [0.25, 0.3) is 11.5 Å². The molecule has 0 spiro atoms. The molecule has 1 aliphatic carbocycles. The minimum absolute atomic E-state index is 0.285. The summed E-state index contributed by atoms with van der Waals surface area (Å²) in [6.45, 7) is 2.57. The van der Waals surface area contributed by atoms with E-state index in [1.807, 2.05) is 35.8 Å². The monoisotopic (exact) mass is 383 g/mol. The molecule has 27 heavy (non-hydrogen) atoms. The molecule has 0 aliphatic heterocycles. The molecule has 2 heterocycles. The molecule has 3 aromatic rings. The van der Waals surface area contributed by atoms with Crippen molar-refractivity contribution >= 4 is 17.7 Å². The maximum absolute atomic E-state index is 11.2. The van der Waals surface area contributed by atoms with Gasteiger partial charge >= 0.3 is 0 Å². The number of thioether (sulfide) groups is 1. The van der Waals surface area contributed by atoms with Gasteiger partial charge in [0, 0.05) is 30.2 Å². The fourth-order valence-electron chi connectivity index (χ4n) is 2.82. The van der Waals surface area contributed by atoms with Gasteiger partial charge in [-0.15, -0.1) is 10.2 Å². The van der Waals surface area contributed by atoms with E-state index in [4.69, 9.17) is 10.2 Å². The number of nitrogens with two attached hydrogens (primary N) is 1. The predicted octanol–water partition coefficient (Wildman–Crippen LogP) is 3.29. The number of primary amides is 1. The standard InChI is InChI=1S/C19H21N5O2S/c1-12-2-4-14(5-3-12)18-21-15(10-26-18)11-27-19-23-22-17(13-6-7-13)24(19)9-8-16(20)25/h2-5,10,13H,6-9,11H2,1H3,(H2,20,25). The molecule has 2 N–H and O–H groups in total. The molecule has 0 saturated heterocycles. The third-order valence-corrected chi connectivity index (χ3v) is 5.47. The van der Waals surface area contributed by atoms with E-state index in [0.717, 1.165) is 35.1 Å². The fourth-order valence-corrected chi connectivity index (χ4v) is 3.67. The van der Waals surface area contributed by atoms with Gasteiger partial charge in [-0.2, -0.15) is 0 Å². The van der Waals surface area contributed by atoms with Crippen molar-refractivity contribution in [2.45, 2.75) is 49.6 Å². The lowest BCUT2D eigenvalue weighted by Gasteiger charge is -2.07. The highest BCUT2D eigenvalue weighted by atomic mass is 32.2. The van der Waals surface area contributed by atoms with Crippen molar-refractivity contribution in [3.63, 3.8) is 0 Å². The van der Waals surface area contributed by atoms with E-state index in [1.165, 1.54) is 5.56 Å². The first-order valence-corrected chi connectivity index (χ1v) is 9.94. The molecule has 1 aromatic carbocycles. The Labute approximate surface area is 161 Å². The summed E-state index contributed by atoms with van der Waals surface area (Å²) in [5.74, 6) is 2.33. The Kier molecular flexibility index (Phi) is 4.98. The second-order valence-electron chi connectivity index (χ2n) is 6.78. The van der Waals surface area contributed by atoms with Gasteiger partial charge in [-0.05, 0) is 31.9 Å². The van der Waals surface area contributed by atoms with Gasteiger partial charge in [0.2, 0.25) is 11.8 Å². The van der Waals surface area contributed by atoms with Gasteiger partial charge < -0.3 is 14.7 Å². The van der Waals surface area contributed by atoms with Crippen LogP contribution in [0.2, 0.25) is 0 Å². The number of aromatic nitrogens is 4. The molecule has 4 rings (SSSR count). The number of nitrogens with zero attached hydrogens (tertiary/aromatic N) is 4. The first-order valence-electron chi connectivity index (χ1n) is 8.96. The van der Waals surface area contributed by atoms with Crippen LogP contribution in [0.3, 0.4) is 0 Å². The zero-order valence-electron chi connectivity index (χ0n) is 15.1. The van der Waals surface area contributed by atoms with Crippen molar-refractivity contribution in [1.29, 1.82) is 0 Å². The number of benzene rings is 1. The molecule has 0 atom stereocenters. The van der Waals surface area contributed by atoms with Crippen molar-refractivity contribution in [3.05, 3.63) is 47.6 Å². The van der Waals surface area contributed by atoms with E-state index < -0.39 is 0 Å². The third kappa shape index (κ3) is 4.21. The first kappa shape index (κ1) is 17.8. The molecule has 0 radical (unpaired) electrons. The summed E-state index contributed by atoms with van der Waals surface area (Å²) in [6.07, 6.45) is 4.21. The number of amides is 1. The highest BCUT2D eigenvalue weighted by Crippen LogP contribution is 2.40. The Bertz CT molecular complexity index is 943. The average molecular weight is 383 g/mol. The van der Waals surface area contributed by atoms with Crippen LogP contribution >= 0.6 is 11.8 Å². The Hall–Kier alpha value is -2.61. The van der Waals surface area contributed by atoms with E-state index >= 15 is 0 Å². The second kappa shape index (κ2) is 7.56. The van der Waals surface area contributed by atoms with Gasteiger partial charge in [-0.1, -0.05) is 29.5 Å². The van der Waals surface area contributed by atoms with Gasteiger partial charge in [-0.3, -0.25) is 4.79 Å². The number of oxazole rings is 1. The lowest BCUT2D eigenvalue weighted by atomic mass is 10.1. The summed E-state index contributed by atoms with van der Waals surface area (Å²) in [6, 6.07) is 8.07. The van der Waals surface area contributed by atoms with Crippen LogP contribution < -0.4 is 5.73 Å². The smallest absolute Gasteiger partial charge is 0.226 e. The first-order chi connectivity index (χ1) is 13.1. The van der Waals surface area contributed by atoms with E-state index in [9.17, 15) is 4.79 Å². The number of hydrogen-bond acceptors (Lipinski definition) is 6. The van der Waals surface area contributed by atoms with Crippen molar-refractivity contribution in [2.24, 2.45) is 5.73 Å². The number of rotatable bonds is 8. The van der Waals surface area contributed by atoms with Crippen LogP contribution in [-0.4, -0.2) is 25.7 Å². The maximum atomic E-state index is 11.2. The highest BCUT2D eigenvalue weighted by Gasteiger charge is 2.30. The van der Waals surface area contributed by atoms with Crippen molar-refractivity contribution < 1.29 is 9.21 Å². The topological polar surface area (TPSA) is 99.8 Å². The number of hydrogen-bond donors (Lipinski definition) is 1. The van der Waals surface area contributed by atoms with Crippen molar-refractivity contribution in [1.82, 2.24) is 19.7 Å². The van der Waals surface area contributed by atoms with Crippen LogP contribution in [0.1, 0.15) is 42.3 Å². The van der Waals surface area contributed by atoms with Gasteiger partial charge in [0.15, 0.2) is 5.16 Å². The molecule has 7 nitrogen and oxygen atoms in total. The van der Waals surface area contributed by atoms with Crippen molar-refractivity contribution in [3.8, 4) is 11.5 Å². The summed E-state index contributed by atoms with van der Waals surface area (Å²) >= 11 is 1.54. The zero-order chi connectivity index (χ0) is 18.8. The second-order valence-corrected chi connectivity index (χ2v) is 7.72. The van der Waals surface area contributed by atoms with Gasteiger partial charge in [0.25, 0.3) is 0 Å². The van der Waals surface area contributed by atoms with E-state index in [1.54, 1.807) is 18.0 Å². The van der Waals surface area contributed by atoms with Gasteiger partial charge in [0.1, 0.15) is 12.1 Å².